The monoisotopic (exact) mass is 1880 g/mol. The van der Waals surface area contributed by atoms with Crippen LogP contribution in [0.1, 0.15) is 170 Å². The number of aliphatic carboxylic acids is 2. The van der Waals surface area contributed by atoms with Gasteiger partial charge in [0, 0.05) is 41.4 Å². The van der Waals surface area contributed by atoms with Crippen molar-refractivity contribution >= 4 is 149 Å². The molecule has 1 heterocycles. The minimum absolute atomic E-state index is 0.0273. The number of carbonyl (C=O) groups is 19. The lowest BCUT2D eigenvalue weighted by atomic mass is 9.94. The van der Waals surface area contributed by atoms with Gasteiger partial charge in [0.1, 0.15) is 84.6 Å². The molecular formula is C85H136N22O22S2. The van der Waals surface area contributed by atoms with Gasteiger partial charge in [-0.2, -0.15) is 25.3 Å². The van der Waals surface area contributed by atoms with Gasteiger partial charge in [0.15, 0.2) is 0 Å². The molecule has 17 amide bonds. The van der Waals surface area contributed by atoms with Gasteiger partial charge in [0.05, 0.1) is 38.0 Å². The third-order valence-corrected chi connectivity index (χ3v) is 22.7. The molecule has 0 unspecified atom stereocenters. The average molecular weight is 1880 g/mol. The SMILES string of the molecule is CC[C@H](C)[C@H](NC(=O)[C@H](CC(N)=O)NC(=O)[C@H](Cc1c[nH]c2ccccc12)NC(=O)CNC(=O)[C@H](CS)NC(=O)[C@H](CCCCN)NC(=O)[C@H](CCCCN)NC(=O)[C@H](CS)NC(=O)[C@@H](NC(=O)[C@@H](NC(=O)[C@H](CC(N)=O)NC(=O)[C@H](Cc1ccccc1)NC(=O)[C@@H](NC(=O)[C@@H](NC(=O)[C@@H](N)CC(=O)O)C(C)C)[C@@H](C)O)[C@@H](C)CC)[C@@H](C)CC)C(=O)N[C@@H](CCCCN)C(=O)O. The highest BCUT2D eigenvalue weighted by Crippen LogP contribution is 2.22. The fourth-order valence-corrected chi connectivity index (χ4v) is 14.0. The van der Waals surface area contributed by atoms with E-state index in [-0.39, 0.29) is 77.4 Å². The summed E-state index contributed by atoms with van der Waals surface area (Å²) in [5, 5.41) is 68.2. The highest BCUT2D eigenvalue weighted by atomic mass is 32.1. The van der Waals surface area contributed by atoms with Gasteiger partial charge in [-0.25, -0.2) is 4.79 Å². The number of carboxylic acids is 2. The van der Waals surface area contributed by atoms with Gasteiger partial charge >= 0.3 is 11.9 Å². The van der Waals surface area contributed by atoms with E-state index in [1.807, 2.05) is 0 Å². The number of nitrogens with two attached hydrogens (primary N) is 6. The Kier molecular flexibility index (Phi) is 51.1. The number of amides is 17. The Bertz CT molecular complexity index is 4340. The normalized spacial score (nSPS) is 15.6. The van der Waals surface area contributed by atoms with Gasteiger partial charge in [-0.05, 0) is 125 Å². The summed E-state index contributed by atoms with van der Waals surface area (Å²) in [6.45, 7) is 13.8. The Labute approximate surface area is 771 Å². The first kappa shape index (κ1) is 114. The molecule has 31 N–H and O–H groups in total. The zero-order chi connectivity index (χ0) is 98.5. The number of fused-ring (bicyclic) bond motifs is 1. The number of nitrogens with one attached hydrogen (secondary N) is 16. The molecule has 0 bridgehead atoms. The van der Waals surface area contributed by atoms with Crippen LogP contribution in [0.4, 0.5) is 0 Å². The number of aliphatic hydroxyl groups excluding tert-OH is 1. The van der Waals surface area contributed by atoms with E-state index in [2.05, 4.69) is 110 Å². The minimum Gasteiger partial charge on any atom is -0.481 e. The molecule has 131 heavy (non-hydrogen) atoms. The Morgan fingerprint density at radius 3 is 1.17 bits per heavy atom. The number of carbonyl (C=O) groups excluding carboxylic acids is 17. The number of benzene rings is 2. The fraction of sp³-hybridized carbons (Fsp3) is 0.612. The maximum Gasteiger partial charge on any atom is 0.326 e. The first-order valence-electron chi connectivity index (χ1n) is 43.8. The Morgan fingerprint density at radius 2 is 0.733 bits per heavy atom. The van der Waals surface area contributed by atoms with Crippen LogP contribution in [-0.4, -0.2) is 267 Å². The number of aliphatic hydroxyl groups is 1. The van der Waals surface area contributed by atoms with Crippen molar-refractivity contribution in [3.8, 4) is 0 Å². The summed E-state index contributed by atoms with van der Waals surface area (Å²) >= 11 is 8.67. The summed E-state index contributed by atoms with van der Waals surface area (Å²) in [5.41, 5.74) is 35.8. The van der Waals surface area contributed by atoms with Crippen LogP contribution in [0.25, 0.3) is 10.9 Å². The van der Waals surface area contributed by atoms with Crippen molar-refractivity contribution in [1.82, 2.24) is 84.7 Å². The molecule has 0 saturated carbocycles. The Morgan fingerprint density at radius 1 is 0.382 bits per heavy atom. The Hall–Kier alpha value is -11.6. The lowest BCUT2D eigenvalue weighted by Gasteiger charge is -2.31. The fourth-order valence-electron chi connectivity index (χ4n) is 13.5. The molecule has 1 aromatic heterocycles. The second-order valence-corrected chi connectivity index (χ2v) is 33.5. The quantitative estimate of drug-likeness (QED) is 0.0186. The molecule has 19 atom stereocenters. The minimum atomic E-state index is -1.86. The summed E-state index contributed by atoms with van der Waals surface area (Å²) < 4.78 is 0. The zero-order valence-electron chi connectivity index (χ0n) is 75.5. The van der Waals surface area contributed by atoms with Crippen LogP contribution in [-0.2, 0) is 104 Å². The molecule has 44 nitrogen and oxygen atoms in total. The zero-order valence-corrected chi connectivity index (χ0v) is 77.3. The van der Waals surface area contributed by atoms with E-state index in [4.69, 9.17) is 39.5 Å². The molecule has 730 valence electrons. The summed E-state index contributed by atoms with van der Waals surface area (Å²) in [5.74, 6) is -23.4. The van der Waals surface area contributed by atoms with Crippen LogP contribution >= 0.6 is 25.3 Å². The van der Waals surface area contributed by atoms with Crippen molar-refractivity contribution in [2.75, 3.05) is 37.7 Å². The van der Waals surface area contributed by atoms with Crippen LogP contribution in [0.3, 0.4) is 0 Å². The molecule has 3 rings (SSSR count). The van der Waals surface area contributed by atoms with E-state index in [0.29, 0.717) is 54.1 Å². The number of carboxylic acid groups (broad SMARTS) is 2. The number of hydrogen-bond acceptors (Lipinski definition) is 26. The summed E-state index contributed by atoms with van der Waals surface area (Å²) in [6.07, 6.45) is -0.527. The van der Waals surface area contributed by atoms with Crippen molar-refractivity contribution in [3.63, 3.8) is 0 Å². The number of primary amides is 2. The van der Waals surface area contributed by atoms with Gasteiger partial charge < -0.3 is 134 Å². The van der Waals surface area contributed by atoms with Crippen molar-refractivity contribution in [1.29, 1.82) is 0 Å². The summed E-state index contributed by atoms with van der Waals surface area (Å²) in [7, 11) is 0. The van der Waals surface area contributed by atoms with E-state index >= 15 is 0 Å². The van der Waals surface area contributed by atoms with Crippen LogP contribution in [0.5, 0.6) is 0 Å². The van der Waals surface area contributed by atoms with E-state index in [9.17, 15) is 101 Å². The third kappa shape index (κ3) is 39.2. The number of unbranched alkanes of at least 4 members (excludes halogenated alkanes) is 3. The standard InChI is InChI=1S/C85H136N22O22S2/c1-10-44(6)67(81(124)97-55(85(128)129)30-20-23-33-88)104-77(120)59(38-63(91)110)99-76(119)57(35-49-39-92-52-27-17-16-26-50(49)52)94-64(111)40-93-72(115)60(41-130)101-74(117)54(29-19-22-32-87)95-73(116)53(28-18-21-31-86)96-79(122)61(42-131)102-82(125)68(45(7)11-2)106-83(126)69(46(8)12-3)105-78(121)58(37-62(90)109)98-75(118)56(34-48-24-14-13-15-25-48)100-84(127)70(47(9)108)107-80(123)66(43(4)5)103-71(114)51(89)36-65(112)113/h13-17,24-27,39,43-47,51,53-61,66-70,92,108,130-131H,10-12,18-23,28-38,40-42,86-89H2,1-9H3,(H2,90,109)(H2,91,110)(H,93,115)(H,94,111)(H,95,116)(H,96,122)(H,97,124)(H,98,118)(H,99,119)(H,100,127)(H,101,117)(H,102,125)(H,103,114)(H,104,120)(H,105,121)(H,106,126)(H,107,123)(H,112,113)(H,128,129)/t44-,45-,46-,47+,51-,53-,54-,55-,56-,57-,58-,59-,60-,61-,66-,67-,68-,69-,70-/m0/s1. The number of thiol groups is 2. The number of rotatable bonds is 63. The van der Waals surface area contributed by atoms with Gasteiger partial charge in [-0.3, -0.25) is 86.3 Å². The second kappa shape index (κ2) is 58.9. The molecule has 0 spiro atoms. The van der Waals surface area contributed by atoms with E-state index in [1.165, 1.54) is 13.8 Å². The third-order valence-electron chi connectivity index (χ3n) is 21.9. The second-order valence-electron chi connectivity index (χ2n) is 32.8. The number of H-pyrrole nitrogens is 1. The maximum atomic E-state index is 14.7. The van der Waals surface area contributed by atoms with Gasteiger partial charge in [-0.1, -0.05) is 123 Å². The first-order valence-corrected chi connectivity index (χ1v) is 45.1. The van der Waals surface area contributed by atoms with Crippen LogP contribution in [0, 0.1) is 23.7 Å². The van der Waals surface area contributed by atoms with Crippen LogP contribution in [0.2, 0.25) is 0 Å². The molecule has 2 aromatic carbocycles. The van der Waals surface area contributed by atoms with E-state index < -0.39 is 270 Å². The highest BCUT2D eigenvalue weighted by molar-refractivity contribution is 7.80. The van der Waals surface area contributed by atoms with E-state index in [0.717, 1.165) is 6.92 Å². The molecule has 46 heteroatoms. The maximum absolute atomic E-state index is 14.7. The van der Waals surface area contributed by atoms with Gasteiger partial charge in [-0.15, -0.1) is 0 Å². The summed E-state index contributed by atoms with van der Waals surface area (Å²) in [6, 6.07) is -8.26. The van der Waals surface area contributed by atoms with E-state index in [1.54, 1.807) is 102 Å². The van der Waals surface area contributed by atoms with Crippen molar-refractivity contribution in [2.45, 2.75) is 268 Å². The molecular weight excluding hydrogens is 1750 g/mol. The first-order chi connectivity index (χ1) is 61.9. The number of para-hydroxylation sites is 1. The summed E-state index contributed by atoms with van der Waals surface area (Å²) in [4.78, 5) is 265. The molecule has 0 fully saturated rings. The lowest BCUT2D eigenvalue weighted by Crippen LogP contribution is -2.63. The average Bonchev–Trinajstić information content (AvgIpc) is 1.72. The van der Waals surface area contributed by atoms with Crippen molar-refractivity contribution in [2.24, 2.45) is 58.1 Å². The Balaban J connectivity index is 1.89. The van der Waals surface area contributed by atoms with Gasteiger partial charge in [0.2, 0.25) is 100 Å². The molecule has 0 aliphatic carbocycles. The number of hydrogen-bond donors (Lipinski definition) is 27. The lowest BCUT2D eigenvalue weighted by molar-refractivity contribution is -0.143. The molecule has 3 aromatic rings. The van der Waals surface area contributed by atoms with Crippen LogP contribution in [0.15, 0.2) is 60.8 Å². The number of aromatic amines is 1. The largest absolute Gasteiger partial charge is 0.481 e. The predicted octanol–water partition coefficient (Wildman–Crippen LogP) is -5.08. The number of aromatic nitrogens is 1. The smallest absolute Gasteiger partial charge is 0.326 e. The molecule has 0 radical (unpaired) electrons. The molecule has 0 aliphatic heterocycles. The molecule has 0 saturated heterocycles. The topological polar surface area (TPSA) is 737 Å². The predicted molar refractivity (Wildman–Crippen MR) is 489 cm³/mol. The van der Waals surface area contributed by atoms with Crippen molar-refractivity contribution < 1.29 is 106 Å². The molecule has 0 aliphatic rings. The van der Waals surface area contributed by atoms with Crippen molar-refractivity contribution in [3.05, 3.63) is 71.9 Å². The highest BCUT2D eigenvalue weighted by Gasteiger charge is 2.41. The van der Waals surface area contributed by atoms with Crippen LogP contribution < -0.4 is 114 Å². The van der Waals surface area contributed by atoms with Gasteiger partial charge in [0.25, 0.3) is 0 Å².